The van der Waals surface area contributed by atoms with E-state index in [9.17, 15) is 10.1 Å². The molecular weight excluding hydrogens is 276 g/mol. The van der Waals surface area contributed by atoms with Gasteiger partial charge in [-0.15, -0.1) is 0 Å². The van der Waals surface area contributed by atoms with E-state index in [1.165, 1.54) is 6.42 Å². The molecule has 1 aliphatic heterocycles. The van der Waals surface area contributed by atoms with E-state index in [1.54, 1.807) is 10.6 Å². The van der Waals surface area contributed by atoms with Crippen LogP contribution >= 0.6 is 0 Å². The Hall–Kier alpha value is -1.96. The van der Waals surface area contributed by atoms with Gasteiger partial charge in [0.2, 0.25) is 5.91 Å². The van der Waals surface area contributed by atoms with Gasteiger partial charge in [-0.1, -0.05) is 13.8 Å². The van der Waals surface area contributed by atoms with E-state index in [0.29, 0.717) is 17.3 Å². The van der Waals surface area contributed by atoms with E-state index in [1.807, 2.05) is 4.90 Å². The quantitative estimate of drug-likeness (QED) is 0.928. The summed E-state index contributed by atoms with van der Waals surface area (Å²) in [6.45, 7) is 7.35. The van der Waals surface area contributed by atoms with Crippen molar-refractivity contribution in [1.82, 2.24) is 9.47 Å². The van der Waals surface area contributed by atoms with Gasteiger partial charge in [0.05, 0.1) is 5.69 Å². The van der Waals surface area contributed by atoms with Gasteiger partial charge in [0.15, 0.2) is 0 Å². The summed E-state index contributed by atoms with van der Waals surface area (Å²) >= 11 is 0. The zero-order chi connectivity index (χ0) is 16.3. The minimum absolute atomic E-state index is 0.0873. The van der Waals surface area contributed by atoms with Gasteiger partial charge in [0.25, 0.3) is 0 Å². The zero-order valence-corrected chi connectivity index (χ0v) is 13.8. The monoisotopic (exact) mass is 302 g/mol. The Morgan fingerprint density at radius 3 is 2.82 bits per heavy atom. The molecule has 1 atom stereocenters. The molecule has 0 saturated carbocycles. The molecule has 1 amide bonds. The van der Waals surface area contributed by atoms with E-state index in [0.717, 1.165) is 31.5 Å². The average molecular weight is 302 g/mol. The van der Waals surface area contributed by atoms with Crippen molar-refractivity contribution in [3.05, 3.63) is 17.5 Å². The van der Waals surface area contributed by atoms with Gasteiger partial charge in [0, 0.05) is 18.3 Å². The summed E-state index contributed by atoms with van der Waals surface area (Å²) in [4.78, 5) is 14.6. The minimum atomic E-state index is 0.0873. The first-order valence-electron chi connectivity index (χ1n) is 8.11. The third-order valence-corrected chi connectivity index (χ3v) is 4.37. The number of nitriles is 1. The van der Waals surface area contributed by atoms with Crippen LogP contribution in [0.3, 0.4) is 0 Å². The van der Waals surface area contributed by atoms with Crippen LogP contribution < -0.4 is 5.73 Å². The molecule has 1 aliphatic rings. The van der Waals surface area contributed by atoms with Crippen LogP contribution in [-0.4, -0.2) is 28.0 Å². The Morgan fingerprint density at radius 2 is 2.23 bits per heavy atom. The molecule has 22 heavy (non-hydrogen) atoms. The van der Waals surface area contributed by atoms with Gasteiger partial charge in [-0.05, 0) is 44.6 Å². The van der Waals surface area contributed by atoms with Crippen LogP contribution in [0.2, 0.25) is 0 Å². The molecule has 2 rings (SSSR count). The first kappa shape index (κ1) is 16.4. The zero-order valence-electron chi connectivity index (χ0n) is 13.8. The van der Waals surface area contributed by atoms with Crippen molar-refractivity contribution in [2.45, 2.75) is 59.0 Å². The normalized spacial score (nSPS) is 18.5. The van der Waals surface area contributed by atoms with Crippen molar-refractivity contribution in [1.29, 1.82) is 5.26 Å². The number of rotatable bonds is 4. The Kier molecular flexibility index (Phi) is 5.12. The molecule has 1 saturated heterocycles. The Morgan fingerprint density at radius 1 is 1.50 bits per heavy atom. The first-order valence-corrected chi connectivity index (χ1v) is 8.11. The third-order valence-electron chi connectivity index (χ3n) is 4.37. The van der Waals surface area contributed by atoms with Crippen molar-refractivity contribution < 1.29 is 4.79 Å². The lowest BCUT2D eigenvalue weighted by molar-refractivity contribution is -0.135. The fourth-order valence-electron chi connectivity index (χ4n) is 3.19. The number of hydrogen-bond donors (Lipinski definition) is 1. The van der Waals surface area contributed by atoms with Crippen molar-refractivity contribution in [2.24, 2.45) is 5.92 Å². The molecule has 1 aromatic heterocycles. The number of amides is 1. The summed E-state index contributed by atoms with van der Waals surface area (Å²) < 4.78 is 1.80. The van der Waals surface area contributed by atoms with E-state index < -0.39 is 0 Å². The predicted octanol–water partition coefficient (Wildman–Crippen LogP) is 2.54. The summed E-state index contributed by atoms with van der Waals surface area (Å²) in [5.41, 5.74) is 8.05. The van der Waals surface area contributed by atoms with E-state index in [-0.39, 0.29) is 18.5 Å². The van der Waals surface area contributed by atoms with E-state index in [2.05, 4.69) is 26.8 Å². The number of nitrogen functional groups attached to an aromatic ring is 1. The van der Waals surface area contributed by atoms with Crippen LogP contribution in [0.25, 0.3) is 0 Å². The molecule has 0 bridgehead atoms. The second-order valence-corrected chi connectivity index (χ2v) is 6.66. The van der Waals surface area contributed by atoms with Gasteiger partial charge in [-0.3, -0.25) is 4.79 Å². The third kappa shape index (κ3) is 3.44. The molecule has 2 heterocycles. The van der Waals surface area contributed by atoms with Crippen LogP contribution in [0.1, 0.15) is 51.4 Å². The molecule has 120 valence electrons. The largest absolute Gasteiger partial charge is 0.397 e. The summed E-state index contributed by atoms with van der Waals surface area (Å²) in [5.74, 6) is 0.510. The van der Waals surface area contributed by atoms with Gasteiger partial charge < -0.3 is 15.2 Å². The topological polar surface area (TPSA) is 75.0 Å². The summed E-state index contributed by atoms with van der Waals surface area (Å²) in [6, 6.07) is 4.13. The van der Waals surface area contributed by atoms with E-state index in [4.69, 9.17) is 5.73 Å². The number of nitrogens with zero attached hydrogens (tertiary/aromatic N) is 3. The Balaban J connectivity index is 2.24. The number of likely N-dealkylation sites (tertiary alicyclic amines) is 1. The first-order chi connectivity index (χ1) is 10.4. The van der Waals surface area contributed by atoms with Gasteiger partial charge in [-0.2, -0.15) is 5.26 Å². The van der Waals surface area contributed by atoms with Crippen LogP contribution in [0, 0.1) is 17.2 Å². The van der Waals surface area contributed by atoms with E-state index >= 15 is 0 Å². The highest BCUT2D eigenvalue weighted by molar-refractivity contribution is 5.77. The standard InChI is InChI=1S/C17H26N4O/c1-12(2)8-16-15(19)9-14(10-18)21(16)11-17(22)20-7-5-4-6-13(20)3/h9,12-13H,4-8,11,19H2,1-3H3/t13-/m0/s1. The summed E-state index contributed by atoms with van der Waals surface area (Å²) in [7, 11) is 0. The van der Waals surface area contributed by atoms with Crippen LogP contribution in [-0.2, 0) is 17.8 Å². The average Bonchev–Trinajstić information content (AvgIpc) is 2.75. The van der Waals surface area contributed by atoms with Crippen molar-refractivity contribution >= 4 is 11.6 Å². The highest BCUT2D eigenvalue weighted by Crippen LogP contribution is 2.23. The maximum atomic E-state index is 12.6. The fraction of sp³-hybridized carbons (Fsp3) is 0.647. The summed E-state index contributed by atoms with van der Waals surface area (Å²) in [5, 5.41) is 9.31. The summed E-state index contributed by atoms with van der Waals surface area (Å²) in [6.07, 6.45) is 4.08. The fourth-order valence-corrected chi connectivity index (χ4v) is 3.19. The van der Waals surface area contributed by atoms with Crippen LogP contribution in [0.15, 0.2) is 6.07 Å². The molecule has 0 unspecified atom stereocenters. The van der Waals surface area contributed by atoms with Crippen molar-refractivity contribution in [3.8, 4) is 6.07 Å². The van der Waals surface area contributed by atoms with Gasteiger partial charge >= 0.3 is 0 Å². The van der Waals surface area contributed by atoms with Crippen LogP contribution in [0.5, 0.6) is 0 Å². The molecule has 1 aromatic rings. The molecule has 0 radical (unpaired) electrons. The maximum Gasteiger partial charge on any atom is 0.242 e. The molecule has 5 heteroatoms. The minimum Gasteiger partial charge on any atom is -0.397 e. The number of aromatic nitrogens is 1. The predicted molar refractivity (Wildman–Crippen MR) is 87.1 cm³/mol. The molecule has 0 aromatic carbocycles. The number of anilines is 1. The Bertz CT molecular complexity index is 582. The molecule has 0 spiro atoms. The molecule has 5 nitrogen and oxygen atoms in total. The highest BCUT2D eigenvalue weighted by atomic mass is 16.2. The maximum absolute atomic E-state index is 12.6. The number of hydrogen-bond acceptors (Lipinski definition) is 3. The lowest BCUT2D eigenvalue weighted by Gasteiger charge is -2.33. The number of carbonyl (C=O) groups excluding carboxylic acids is 1. The second-order valence-electron chi connectivity index (χ2n) is 6.66. The Labute approximate surface area is 132 Å². The lowest BCUT2D eigenvalue weighted by atomic mass is 10.0. The number of piperidine rings is 1. The molecule has 1 fully saturated rings. The van der Waals surface area contributed by atoms with Crippen molar-refractivity contribution in [2.75, 3.05) is 12.3 Å². The smallest absolute Gasteiger partial charge is 0.242 e. The van der Waals surface area contributed by atoms with Gasteiger partial charge in [0.1, 0.15) is 18.3 Å². The molecular formula is C17H26N4O. The highest BCUT2D eigenvalue weighted by Gasteiger charge is 2.25. The van der Waals surface area contributed by atoms with Crippen molar-refractivity contribution in [3.63, 3.8) is 0 Å². The molecule has 2 N–H and O–H groups in total. The van der Waals surface area contributed by atoms with Crippen LogP contribution in [0.4, 0.5) is 5.69 Å². The number of nitrogens with two attached hydrogens (primary N) is 1. The molecule has 0 aliphatic carbocycles. The lowest BCUT2D eigenvalue weighted by Crippen LogP contribution is -2.43. The number of carbonyl (C=O) groups is 1. The SMILES string of the molecule is CC(C)Cc1c(N)cc(C#N)n1CC(=O)N1CCCC[C@@H]1C. The van der Waals surface area contributed by atoms with Gasteiger partial charge in [-0.25, -0.2) is 0 Å². The second kappa shape index (κ2) is 6.87.